The number of carbonyl (C=O) groups excluding carboxylic acids is 2. The van der Waals surface area contributed by atoms with E-state index in [0.717, 1.165) is 6.08 Å². The molecule has 0 saturated carbocycles. The zero-order valence-electron chi connectivity index (χ0n) is 12.8. The Labute approximate surface area is 143 Å². The van der Waals surface area contributed by atoms with Gasteiger partial charge in [-0.05, 0) is 37.3 Å². The molecule has 0 aliphatic carbocycles. The van der Waals surface area contributed by atoms with E-state index in [1.807, 2.05) is 6.07 Å². The number of ether oxygens (including phenoxy) is 1. The average Bonchev–Trinajstić information content (AvgIpc) is 2.55. The molecule has 0 fully saturated rings. The quantitative estimate of drug-likeness (QED) is 0.655. The van der Waals surface area contributed by atoms with E-state index in [2.05, 4.69) is 5.32 Å². The molecule has 0 unspecified atom stereocenters. The Morgan fingerprint density at radius 3 is 2.54 bits per heavy atom. The molecule has 0 bridgehead atoms. The Hall–Kier alpha value is -2.66. The predicted octanol–water partition coefficient (Wildman–Crippen LogP) is 4.06. The first-order valence-corrected chi connectivity index (χ1v) is 7.54. The van der Waals surface area contributed by atoms with Crippen molar-refractivity contribution in [2.24, 2.45) is 0 Å². The largest absolute Gasteiger partial charge is 0.449 e. The summed E-state index contributed by atoms with van der Waals surface area (Å²) in [5.74, 6) is -1.79. The standard InChI is InChI=1S/C18H15ClFNO3/c1-12(18(23)21-13-6-3-2-4-7-13)24-17(22)11-10-14-15(19)8-5-9-16(14)20/h2-12H,1H3,(H,21,23)/b11-10+/t12-/m1/s1. The zero-order valence-corrected chi connectivity index (χ0v) is 13.6. The van der Waals surface area contributed by atoms with Crippen LogP contribution in [0.4, 0.5) is 10.1 Å². The van der Waals surface area contributed by atoms with Crippen LogP contribution in [0, 0.1) is 5.82 Å². The number of halogens is 2. The Balaban J connectivity index is 1.94. The highest BCUT2D eigenvalue weighted by Crippen LogP contribution is 2.20. The van der Waals surface area contributed by atoms with Crippen molar-refractivity contribution in [1.82, 2.24) is 0 Å². The first kappa shape index (κ1) is 17.7. The number of carbonyl (C=O) groups is 2. The first-order valence-electron chi connectivity index (χ1n) is 7.16. The van der Waals surface area contributed by atoms with Gasteiger partial charge in [-0.1, -0.05) is 35.9 Å². The normalized spacial score (nSPS) is 12.0. The van der Waals surface area contributed by atoms with Crippen LogP contribution >= 0.6 is 11.6 Å². The molecule has 0 spiro atoms. The lowest BCUT2D eigenvalue weighted by molar-refractivity contribution is -0.148. The van der Waals surface area contributed by atoms with Crippen LogP contribution in [0.5, 0.6) is 0 Å². The fourth-order valence-electron chi connectivity index (χ4n) is 1.85. The van der Waals surface area contributed by atoms with Crippen LogP contribution in [0.3, 0.4) is 0 Å². The van der Waals surface area contributed by atoms with Gasteiger partial charge in [0.15, 0.2) is 6.10 Å². The maximum absolute atomic E-state index is 13.6. The van der Waals surface area contributed by atoms with Crippen molar-refractivity contribution in [1.29, 1.82) is 0 Å². The molecule has 6 heteroatoms. The number of rotatable bonds is 5. The van der Waals surface area contributed by atoms with Crippen LogP contribution in [-0.2, 0) is 14.3 Å². The van der Waals surface area contributed by atoms with Crippen molar-refractivity contribution < 1.29 is 18.7 Å². The topological polar surface area (TPSA) is 55.4 Å². The second kappa shape index (κ2) is 8.26. The van der Waals surface area contributed by atoms with E-state index >= 15 is 0 Å². The van der Waals surface area contributed by atoms with Gasteiger partial charge in [0.25, 0.3) is 5.91 Å². The number of benzene rings is 2. The van der Waals surface area contributed by atoms with Crippen molar-refractivity contribution in [2.45, 2.75) is 13.0 Å². The monoisotopic (exact) mass is 347 g/mol. The van der Waals surface area contributed by atoms with Crippen LogP contribution < -0.4 is 5.32 Å². The van der Waals surface area contributed by atoms with Crippen LogP contribution in [0.1, 0.15) is 12.5 Å². The summed E-state index contributed by atoms with van der Waals surface area (Å²) in [6.45, 7) is 1.44. The fraction of sp³-hybridized carbons (Fsp3) is 0.111. The number of anilines is 1. The Morgan fingerprint density at radius 1 is 1.17 bits per heavy atom. The van der Waals surface area contributed by atoms with Gasteiger partial charge < -0.3 is 10.1 Å². The average molecular weight is 348 g/mol. The van der Waals surface area contributed by atoms with Crippen LogP contribution in [-0.4, -0.2) is 18.0 Å². The predicted molar refractivity (Wildman–Crippen MR) is 91.1 cm³/mol. The van der Waals surface area contributed by atoms with Gasteiger partial charge in [-0.3, -0.25) is 4.79 Å². The molecule has 124 valence electrons. The van der Waals surface area contributed by atoms with Crippen molar-refractivity contribution in [3.05, 3.63) is 71.0 Å². The number of nitrogens with one attached hydrogen (secondary N) is 1. The summed E-state index contributed by atoms with van der Waals surface area (Å²) in [7, 11) is 0. The number of esters is 1. The molecule has 0 radical (unpaired) electrons. The second-order valence-electron chi connectivity index (χ2n) is 4.90. The Kier molecular flexibility index (Phi) is 6.09. The van der Waals surface area contributed by atoms with Crippen molar-refractivity contribution in [3.8, 4) is 0 Å². The van der Waals surface area contributed by atoms with E-state index in [1.54, 1.807) is 24.3 Å². The smallest absolute Gasteiger partial charge is 0.331 e. The maximum Gasteiger partial charge on any atom is 0.331 e. The van der Waals surface area contributed by atoms with E-state index in [-0.39, 0.29) is 10.6 Å². The lowest BCUT2D eigenvalue weighted by Crippen LogP contribution is -2.29. The molecule has 24 heavy (non-hydrogen) atoms. The molecule has 0 aliphatic rings. The van der Waals surface area contributed by atoms with Gasteiger partial charge in [-0.25, -0.2) is 9.18 Å². The number of hydrogen-bond donors (Lipinski definition) is 1. The minimum atomic E-state index is -1.00. The van der Waals surface area contributed by atoms with E-state index in [0.29, 0.717) is 5.69 Å². The lowest BCUT2D eigenvalue weighted by atomic mass is 10.2. The SMILES string of the molecule is C[C@@H](OC(=O)/C=C/c1c(F)cccc1Cl)C(=O)Nc1ccccc1. The van der Waals surface area contributed by atoms with E-state index in [1.165, 1.54) is 31.2 Å². The zero-order chi connectivity index (χ0) is 17.5. The number of amides is 1. The minimum absolute atomic E-state index is 0.0810. The summed E-state index contributed by atoms with van der Waals surface area (Å²) in [6.07, 6.45) is 1.23. The van der Waals surface area contributed by atoms with E-state index in [4.69, 9.17) is 16.3 Å². The minimum Gasteiger partial charge on any atom is -0.449 e. The van der Waals surface area contributed by atoms with Gasteiger partial charge in [0, 0.05) is 17.3 Å². The molecule has 0 heterocycles. The number of hydrogen-bond acceptors (Lipinski definition) is 3. The molecular formula is C18H15ClFNO3. The molecule has 0 aromatic heterocycles. The Bertz CT molecular complexity index is 742. The number of para-hydroxylation sites is 1. The van der Waals surface area contributed by atoms with Crippen molar-refractivity contribution in [2.75, 3.05) is 5.32 Å². The summed E-state index contributed by atoms with van der Waals surface area (Å²) in [5.41, 5.74) is 0.677. The molecule has 1 amide bonds. The fourth-order valence-corrected chi connectivity index (χ4v) is 2.08. The molecule has 4 nitrogen and oxygen atoms in total. The van der Waals surface area contributed by atoms with Crippen molar-refractivity contribution in [3.63, 3.8) is 0 Å². The van der Waals surface area contributed by atoms with Gasteiger partial charge >= 0.3 is 5.97 Å². The molecule has 0 aliphatic heterocycles. The third-order valence-corrected chi connectivity index (χ3v) is 3.42. The molecule has 2 rings (SSSR count). The molecule has 2 aromatic rings. The van der Waals surface area contributed by atoms with Crippen LogP contribution in [0.2, 0.25) is 5.02 Å². The van der Waals surface area contributed by atoms with Gasteiger partial charge in [0.05, 0.1) is 5.02 Å². The molecule has 0 saturated heterocycles. The molecule has 1 atom stereocenters. The lowest BCUT2D eigenvalue weighted by Gasteiger charge is -2.12. The van der Waals surface area contributed by atoms with Crippen LogP contribution in [0.25, 0.3) is 6.08 Å². The van der Waals surface area contributed by atoms with Crippen LogP contribution in [0.15, 0.2) is 54.6 Å². The van der Waals surface area contributed by atoms with Gasteiger partial charge in [-0.2, -0.15) is 0 Å². The highest BCUT2D eigenvalue weighted by atomic mass is 35.5. The Morgan fingerprint density at radius 2 is 1.88 bits per heavy atom. The summed E-state index contributed by atoms with van der Waals surface area (Å²) >= 11 is 5.85. The second-order valence-corrected chi connectivity index (χ2v) is 5.31. The highest BCUT2D eigenvalue weighted by Gasteiger charge is 2.16. The third kappa shape index (κ3) is 4.93. The molecule has 1 N–H and O–H groups in total. The van der Waals surface area contributed by atoms with E-state index < -0.39 is 23.8 Å². The third-order valence-electron chi connectivity index (χ3n) is 3.09. The maximum atomic E-state index is 13.6. The van der Waals surface area contributed by atoms with Gasteiger partial charge in [0.1, 0.15) is 5.82 Å². The van der Waals surface area contributed by atoms with Crippen molar-refractivity contribution >= 4 is 35.2 Å². The van der Waals surface area contributed by atoms with E-state index in [9.17, 15) is 14.0 Å². The van der Waals surface area contributed by atoms with Gasteiger partial charge in [-0.15, -0.1) is 0 Å². The highest BCUT2D eigenvalue weighted by molar-refractivity contribution is 6.32. The first-order chi connectivity index (χ1) is 11.5. The molecule has 2 aromatic carbocycles. The van der Waals surface area contributed by atoms with Gasteiger partial charge in [0.2, 0.25) is 0 Å². The molecular weight excluding hydrogens is 333 g/mol. The summed E-state index contributed by atoms with van der Waals surface area (Å²) in [5, 5.41) is 2.79. The summed E-state index contributed by atoms with van der Waals surface area (Å²) in [6, 6.07) is 13.0. The summed E-state index contributed by atoms with van der Waals surface area (Å²) < 4.78 is 18.6. The summed E-state index contributed by atoms with van der Waals surface area (Å²) in [4.78, 5) is 23.7.